The highest BCUT2D eigenvalue weighted by atomic mass is 16.3. The Bertz CT molecular complexity index is 530. The van der Waals surface area contributed by atoms with E-state index in [2.05, 4.69) is 10.3 Å². The molecule has 18 heavy (non-hydrogen) atoms. The van der Waals surface area contributed by atoms with Crippen LogP contribution in [0.5, 0.6) is 0 Å². The quantitative estimate of drug-likeness (QED) is 0.615. The number of aromatic nitrogens is 2. The fourth-order valence-electron chi connectivity index (χ4n) is 1.19. The molecule has 1 atom stereocenters. The SMILES string of the molecule is CCC(C)(O)CNC(=O)Cn1ccc(=O)[nH]c1=O. The molecule has 1 aromatic heterocycles. The minimum Gasteiger partial charge on any atom is -0.388 e. The highest BCUT2D eigenvalue weighted by molar-refractivity contribution is 5.75. The summed E-state index contributed by atoms with van der Waals surface area (Å²) in [4.78, 5) is 35.7. The van der Waals surface area contributed by atoms with Gasteiger partial charge in [-0.3, -0.25) is 19.1 Å². The van der Waals surface area contributed by atoms with E-state index in [1.54, 1.807) is 13.8 Å². The van der Waals surface area contributed by atoms with Gasteiger partial charge >= 0.3 is 5.69 Å². The van der Waals surface area contributed by atoms with Crippen molar-refractivity contribution in [1.29, 1.82) is 0 Å². The van der Waals surface area contributed by atoms with Gasteiger partial charge in [-0.2, -0.15) is 0 Å². The molecule has 1 aromatic rings. The molecule has 0 aromatic carbocycles. The Kier molecular flexibility index (Phi) is 4.43. The van der Waals surface area contributed by atoms with Crippen molar-refractivity contribution in [2.45, 2.75) is 32.4 Å². The fourth-order valence-corrected chi connectivity index (χ4v) is 1.19. The number of aliphatic hydroxyl groups is 1. The topological polar surface area (TPSA) is 104 Å². The van der Waals surface area contributed by atoms with Crippen molar-refractivity contribution in [3.05, 3.63) is 33.1 Å². The highest BCUT2D eigenvalue weighted by Crippen LogP contribution is 2.05. The molecule has 3 N–H and O–H groups in total. The molecule has 1 heterocycles. The van der Waals surface area contributed by atoms with Gasteiger partial charge < -0.3 is 10.4 Å². The molecule has 0 spiro atoms. The van der Waals surface area contributed by atoms with Gasteiger partial charge in [-0.05, 0) is 13.3 Å². The molecular weight excluding hydrogens is 238 g/mol. The van der Waals surface area contributed by atoms with Crippen LogP contribution in [0.3, 0.4) is 0 Å². The van der Waals surface area contributed by atoms with Crippen LogP contribution in [0.15, 0.2) is 21.9 Å². The number of aromatic amines is 1. The first-order valence-electron chi connectivity index (χ1n) is 5.63. The number of amides is 1. The van der Waals surface area contributed by atoms with Gasteiger partial charge in [-0.25, -0.2) is 4.79 Å². The Hall–Kier alpha value is -1.89. The lowest BCUT2D eigenvalue weighted by atomic mass is 10.0. The van der Waals surface area contributed by atoms with Gasteiger partial charge in [0.1, 0.15) is 6.54 Å². The molecule has 0 radical (unpaired) electrons. The van der Waals surface area contributed by atoms with Crippen LogP contribution in [-0.2, 0) is 11.3 Å². The average Bonchev–Trinajstić information content (AvgIpc) is 2.30. The first kappa shape index (κ1) is 14.2. The summed E-state index contributed by atoms with van der Waals surface area (Å²) in [5.41, 5.74) is -2.11. The van der Waals surface area contributed by atoms with Gasteiger partial charge in [-0.15, -0.1) is 0 Å². The summed E-state index contributed by atoms with van der Waals surface area (Å²) in [6.45, 7) is 3.33. The number of carbonyl (C=O) groups is 1. The van der Waals surface area contributed by atoms with Crippen molar-refractivity contribution in [3.63, 3.8) is 0 Å². The smallest absolute Gasteiger partial charge is 0.328 e. The van der Waals surface area contributed by atoms with Crippen molar-refractivity contribution in [3.8, 4) is 0 Å². The van der Waals surface area contributed by atoms with Crippen molar-refractivity contribution in [2.24, 2.45) is 0 Å². The zero-order valence-electron chi connectivity index (χ0n) is 10.4. The molecule has 0 saturated carbocycles. The number of nitrogens with zero attached hydrogens (tertiary/aromatic N) is 1. The molecule has 7 heteroatoms. The minimum atomic E-state index is -0.967. The molecule has 0 aliphatic carbocycles. The molecule has 0 aliphatic rings. The van der Waals surface area contributed by atoms with Crippen molar-refractivity contribution >= 4 is 5.91 Å². The Morgan fingerprint density at radius 2 is 2.22 bits per heavy atom. The molecule has 1 rings (SSSR count). The van der Waals surface area contributed by atoms with Crippen LogP contribution in [0.4, 0.5) is 0 Å². The van der Waals surface area contributed by atoms with Crippen molar-refractivity contribution < 1.29 is 9.90 Å². The second kappa shape index (κ2) is 5.63. The van der Waals surface area contributed by atoms with Gasteiger partial charge in [0.15, 0.2) is 0 Å². The van der Waals surface area contributed by atoms with E-state index in [4.69, 9.17) is 0 Å². The van der Waals surface area contributed by atoms with Crippen LogP contribution in [0, 0.1) is 0 Å². The average molecular weight is 255 g/mol. The monoisotopic (exact) mass is 255 g/mol. The second-order valence-electron chi connectivity index (χ2n) is 4.37. The van der Waals surface area contributed by atoms with E-state index in [0.717, 1.165) is 10.6 Å². The van der Waals surface area contributed by atoms with E-state index in [9.17, 15) is 19.5 Å². The Balaban J connectivity index is 2.60. The number of hydrogen-bond acceptors (Lipinski definition) is 4. The van der Waals surface area contributed by atoms with Gasteiger partial charge in [0, 0.05) is 18.8 Å². The fraction of sp³-hybridized carbons (Fsp3) is 0.545. The lowest BCUT2D eigenvalue weighted by molar-refractivity contribution is -0.122. The maximum Gasteiger partial charge on any atom is 0.328 e. The third-order valence-corrected chi connectivity index (χ3v) is 2.64. The molecule has 1 unspecified atom stereocenters. The van der Waals surface area contributed by atoms with Crippen molar-refractivity contribution in [1.82, 2.24) is 14.9 Å². The summed E-state index contributed by atoms with van der Waals surface area (Å²) in [5.74, 6) is -0.405. The number of carbonyl (C=O) groups excluding carboxylic acids is 1. The van der Waals surface area contributed by atoms with Crippen LogP contribution in [0.1, 0.15) is 20.3 Å². The van der Waals surface area contributed by atoms with Gasteiger partial charge in [-0.1, -0.05) is 6.92 Å². The predicted octanol–water partition coefficient (Wildman–Crippen LogP) is -1.19. The maximum absolute atomic E-state index is 11.5. The molecule has 0 saturated heterocycles. The molecule has 7 nitrogen and oxygen atoms in total. The van der Waals surface area contributed by atoms with Gasteiger partial charge in [0.2, 0.25) is 5.91 Å². The summed E-state index contributed by atoms with van der Waals surface area (Å²) < 4.78 is 1.08. The number of hydrogen-bond donors (Lipinski definition) is 3. The van der Waals surface area contributed by atoms with Crippen molar-refractivity contribution in [2.75, 3.05) is 6.54 Å². The number of rotatable bonds is 5. The lowest BCUT2D eigenvalue weighted by Crippen LogP contribution is -2.42. The first-order valence-corrected chi connectivity index (χ1v) is 5.63. The number of H-pyrrole nitrogens is 1. The van der Waals surface area contributed by atoms with Crippen LogP contribution in [0.25, 0.3) is 0 Å². The van der Waals surface area contributed by atoms with Gasteiger partial charge in [0.25, 0.3) is 5.56 Å². The van der Waals surface area contributed by atoms with E-state index in [1.807, 2.05) is 0 Å². The lowest BCUT2D eigenvalue weighted by Gasteiger charge is -2.21. The zero-order chi connectivity index (χ0) is 13.8. The summed E-state index contributed by atoms with van der Waals surface area (Å²) in [5, 5.41) is 12.2. The number of nitrogens with one attached hydrogen (secondary N) is 2. The van der Waals surface area contributed by atoms with E-state index in [1.165, 1.54) is 6.20 Å². The second-order valence-corrected chi connectivity index (χ2v) is 4.37. The van der Waals surface area contributed by atoms with Crippen LogP contribution >= 0.6 is 0 Å². The largest absolute Gasteiger partial charge is 0.388 e. The summed E-state index contributed by atoms with van der Waals surface area (Å²) in [6.07, 6.45) is 1.75. The third-order valence-electron chi connectivity index (χ3n) is 2.64. The maximum atomic E-state index is 11.5. The van der Waals surface area contributed by atoms with E-state index in [-0.39, 0.29) is 13.1 Å². The molecule has 0 bridgehead atoms. The molecular formula is C11H17N3O4. The van der Waals surface area contributed by atoms with Gasteiger partial charge in [0.05, 0.1) is 5.60 Å². The Morgan fingerprint density at radius 3 is 2.78 bits per heavy atom. The predicted molar refractivity (Wildman–Crippen MR) is 65.2 cm³/mol. The van der Waals surface area contributed by atoms with Crippen LogP contribution in [0.2, 0.25) is 0 Å². The molecule has 100 valence electrons. The summed E-state index contributed by atoms with van der Waals surface area (Å²) >= 11 is 0. The third kappa shape index (κ3) is 4.17. The van der Waals surface area contributed by atoms with E-state index >= 15 is 0 Å². The molecule has 1 amide bonds. The Morgan fingerprint density at radius 1 is 1.56 bits per heavy atom. The van der Waals surface area contributed by atoms with Crippen LogP contribution < -0.4 is 16.6 Å². The summed E-state index contributed by atoms with van der Waals surface area (Å²) in [6, 6.07) is 1.16. The molecule has 0 aliphatic heterocycles. The zero-order valence-corrected chi connectivity index (χ0v) is 10.4. The first-order chi connectivity index (χ1) is 8.34. The Labute approximate surface area is 103 Å². The van der Waals surface area contributed by atoms with E-state index in [0.29, 0.717) is 6.42 Å². The minimum absolute atomic E-state index is 0.112. The van der Waals surface area contributed by atoms with E-state index < -0.39 is 22.8 Å². The molecule has 0 fully saturated rings. The normalized spacial score (nSPS) is 13.9. The van der Waals surface area contributed by atoms with Crippen LogP contribution in [-0.4, -0.2) is 32.7 Å². The summed E-state index contributed by atoms with van der Waals surface area (Å²) in [7, 11) is 0. The standard InChI is InChI=1S/C11H17N3O4/c1-3-11(2,18)7-12-9(16)6-14-5-4-8(15)13-10(14)17/h4-5,18H,3,6-7H2,1-2H3,(H,12,16)(H,13,15,17). The highest BCUT2D eigenvalue weighted by Gasteiger charge is 2.18.